The highest BCUT2D eigenvalue weighted by Crippen LogP contribution is 2.25. The second-order valence-electron chi connectivity index (χ2n) is 6.97. The van der Waals surface area contributed by atoms with Gasteiger partial charge >= 0.3 is 0 Å². The molecule has 0 aliphatic heterocycles. The minimum absolute atomic E-state index is 0.0302. The Hall–Kier alpha value is -0.0800. The van der Waals surface area contributed by atoms with Gasteiger partial charge in [0.2, 0.25) is 0 Å². The average Bonchev–Trinajstić information content (AvgIpc) is 2.25. The van der Waals surface area contributed by atoms with E-state index in [4.69, 9.17) is 9.47 Å². The molecule has 0 unspecified atom stereocenters. The minimum Gasteiger partial charge on any atom is -0.375 e. The van der Waals surface area contributed by atoms with Gasteiger partial charge in [-0.1, -0.05) is 27.7 Å². The Labute approximate surface area is 108 Å². The van der Waals surface area contributed by atoms with E-state index in [-0.39, 0.29) is 16.6 Å². The van der Waals surface area contributed by atoms with E-state index in [1.807, 2.05) is 0 Å². The van der Waals surface area contributed by atoms with Gasteiger partial charge in [0.25, 0.3) is 0 Å². The Morgan fingerprint density at radius 2 is 0.941 bits per heavy atom. The van der Waals surface area contributed by atoms with Crippen molar-refractivity contribution in [1.29, 1.82) is 0 Å². The van der Waals surface area contributed by atoms with Gasteiger partial charge in [-0.05, 0) is 40.5 Å². The summed E-state index contributed by atoms with van der Waals surface area (Å²) in [7, 11) is 0. The Morgan fingerprint density at radius 3 is 1.18 bits per heavy atom. The lowest BCUT2D eigenvalue weighted by molar-refractivity contribution is -0.106. The summed E-state index contributed by atoms with van der Waals surface area (Å²) in [6.45, 7) is 18.8. The van der Waals surface area contributed by atoms with Crippen LogP contribution in [-0.4, -0.2) is 24.4 Å². The van der Waals surface area contributed by atoms with Crippen LogP contribution in [0.15, 0.2) is 0 Å². The summed E-state index contributed by atoms with van der Waals surface area (Å²) < 4.78 is 11.9. The van der Waals surface area contributed by atoms with Gasteiger partial charge in [-0.25, -0.2) is 0 Å². The van der Waals surface area contributed by atoms with Crippen LogP contribution in [0.25, 0.3) is 0 Å². The number of rotatable bonds is 8. The van der Waals surface area contributed by atoms with Gasteiger partial charge in [0.05, 0.1) is 24.4 Å². The van der Waals surface area contributed by atoms with Crippen LogP contribution in [-0.2, 0) is 9.47 Å². The minimum atomic E-state index is -0.0302. The molecule has 0 radical (unpaired) electrons. The summed E-state index contributed by atoms with van der Waals surface area (Å²) in [5, 5.41) is 0. The monoisotopic (exact) mass is 244 g/mol. The first-order valence-electron chi connectivity index (χ1n) is 6.81. The topological polar surface area (TPSA) is 18.5 Å². The van der Waals surface area contributed by atoms with E-state index < -0.39 is 0 Å². The lowest BCUT2D eigenvalue weighted by atomic mass is 9.94. The van der Waals surface area contributed by atoms with Gasteiger partial charge < -0.3 is 9.47 Å². The second kappa shape index (κ2) is 6.19. The molecule has 0 aromatic heterocycles. The maximum Gasteiger partial charge on any atom is 0.0624 e. The van der Waals surface area contributed by atoms with Gasteiger partial charge in [-0.15, -0.1) is 0 Å². The van der Waals surface area contributed by atoms with Gasteiger partial charge in [-0.3, -0.25) is 0 Å². The zero-order valence-electron chi connectivity index (χ0n) is 13.1. The maximum atomic E-state index is 5.96. The number of hydrogen-bond acceptors (Lipinski definition) is 2. The molecule has 0 atom stereocenters. The van der Waals surface area contributed by atoms with Crippen molar-refractivity contribution in [2.45, 2.75) is 79.4 Å². The van der Waals surface area contributed by atoms with E-state index in [0.717, 1.165) is 26.1 Å². The molecule has 0 fully saturated rings. The summed E-state index contributed by atoms with van der Waals surface area (Å²) in [6, 6.07) is 0. The van der Waals surface area contributed by atoms with Crippen LogP contribution in [0.3, 0.4) is 0 Å². The molecule has 104 valence electrons. The van der Waals surface area contributed by atoms with Gasteiger partial charge in [0.15, 0.2) is 0 Å². The Kier molecular flexibility index (Phi) is 6.16. The Morgan fingerprint density at radius 1 is 0.647 bits per heavy atom. The third-order valence-electron chi connectivity index (χ3n) is 3.41. The van der Waals surface area contributed by atoms with Crippen LogP contribution >= 0.6 is 0 Å². The fourth-order valence-electron chi connectivity index (χ4n) is 1.03. The van der Waals surface area contributed by atoms with Gasteiger partial charge in [-0.2, -0.15) is 0 Å². The van der Waals surface area contributed by atoms with E-state index in [1.54, 1.807) is 0 Å². The fraction of sp³-hybridized carbons (Fsp3) is 1.00. The van der Waals surface area contributed by atoms with E-state index in [1.165, 1.54) is 0 Å². The third-order valence-corrected chi connectivity index (χ3v) is 3.41. The smallest absolute Gasteiger partial charge is 0.0624 e. The molecule has 2 heteroatoms. The Balaban J connectivity index is 4.13. The zero-order chi connectivity index (χ0) is 13.7. The molecule has 17 heavy (non-hydrogen) atoms. The van der Waals surface area contributed by atoms with Crippen LogP contribution in [0, 0.1) is 5.41 Å². The molecule has 0 bridgehead atoms. The quantitative estimate of drug-likeness (QED) is 0.629. The molecule has 0 N–H and O–H groups in total. The highest BCUT2D eigenvalue weighted by atomic mass is 16.5. The molecule has 0 aromatic rings. The molecule has 0 aliphatic carbocycles. The summed E-state index contributed by atoms with van der Waals surface area (Å²) in [5.41, 5.74) is 0.00791. The van der Waals surface area contributed by atoms with Crippen molar-refractivity contribution < 1.29 is 9.47 Å². The Bertz CT molecular complexity index is 195. The summed E-state index contributed by atoms with van der Waals surface area (Å²) >= 11 is 0. The highest BCUT2D eigenvalue weighted by Gasteiger charge is 2.26. The normalized spacial score (nSPS) is 14.1. The predicted molar refractivity (Wildman–Crippen MR) is 74.4 cm³/mol. The fourth-order valence-corrected chi connectivity index (χ4v) is 1.03. The highest BCUT2D eigenvalue weighted by molar-refractivity contribution is 4.74. The molecule has 0 saturated heterocycles. The maximum absolute atomic E-state index is 5.96. The first-order valence-corrected chi connectivity index (χ1v) is 6.81. The summed E-state index contributed by atoms with van der Waals surface area (Å²) in [6.07, 6.45) is 2.06. The second-order valence-corrected chi connectivity index (χ2v) is 6.97. The van der Waals surface area contributed by atoms with E-state index in [2.05, 4.69) is 55.4 Å². The van der Waals surface area contributed by atoms with Gasteiger partial charge in [0.1, 0.15) is 0 Å². The van der Waals surface area contributed by atoms with Crippen LogP contribution < -0.4 is 0 Å². The summed E-state index contributed by atoms with van der Waals surface area (Å²) in [4.78, 5) is 0. The van der Waals surface area contributed by atoms with E-state index in [0.29, 0.717) is 0 Å². The molecule has 0 aromatic carbocycles. The molecule has 0 spiro atoms. The van der Waals surface area contributed by atoms with Crippen molar-refractivity contribution in [2.75, 3.05) is 13.2 Å². The average molecular weight is 244 g/mol. The van der Waals surface area contributed by atoms with Crippen LogP contribution in [0.1, 0.15) is 68.2 Å². The predicted octanol–water partition coefficient (Wildman–Crippen LogP) is 4.42. The van der Waals surface area contributed by atoms with Crippen molar-refractivity contribution in [3.05, 3.63) is 0 Å². The van der Waals surface area contributed by atoms with Crippen molar-refractivity contribution in [1.82, 2.24) is 0 Å². The van der Waals surface area contributed by atoms with Crippen molar-refractivity contribution in [3.63, 3.8) is 0 Å². The number of ether oxygens (including phenoxy) is 2. The lowest BCUT2D eigenvalue weighted by Gasteiger charge is -2.34. The molecular formula is C15H32O2. The standard InChI is InChI=1S/C15H32O2/c1-9-14(5,6)16-11-13(3,4)12-17-15(7,8)10-2/h9-12H2,1-8H3. The van der Waals surface area contributed by atoms with E-state index in [9.17, 15) is 0 Å². The lowest BCUT2D eigenvalue weighted by Crippen LogP contribution is -2.36. The molecule has 0 rings (SSSR count). The molecule has 0 saturated carbocycles. The first kappa shape index (κ1) is 16.9. The van der Waals surface area contributed by atoms with Crippen LogP contribution in [0.2, 0.25) is 0 Å². The SMILES string of the molecule is CCC(C)(C)OCC(C)(C)COC(C)(C)CC. The molecule has 2 nitrogen and oxygen atoms in total. The summed E-state index contributed by atoms with van der Waals surface area (Å²) in [5.74, 6) is 0. The van der Waals surface area contributed by atoms with Gasteiger partial charge in [0, 0.05) is 5.41 Å². The molecular weight excluding hydrogens is 212 g/mol. The van der Waals surface area contributed by atoms with Crippen LogP contribution in [0.4, 0.5) is 0 Å². The molecule has 0 aliphatic rings. The molecule has 0 amide bonds. The molecule has 0 heterocycles. The van der Waals surface area contributed by atoms with Crippen molar-refractivity contribution in [2.24, 2.45) is 5.41 Å². The third kappa shape index (κ3) is 7.77. The van der Waals surface area contributed by atoms with Crippen LogP contribution in [0.5, 0.6) is 0 Å². The largest absolute Gasteiger partial charge is 0.375 e. The van der Waals surface area contributed by atoms with E-state index >= 15 is 0 Å². The van der Waals surface area contributed by atoms with Crippen molar-refractivity contribution >= 4 is 0 Å². The first-order chi connectivity index (χ1) is 7.54. The van der Waals surface area contributed by atoms with Crippen molar-refractivity contribution in [3.8, 4) is 0 Å². The zero-order valence-corrected chi connectivity index (χ0v) is 13.1. The number of hydrogen-bond donors (Lipinski definition) is 0.